The zero-order valence-corrected chi connectivity index (χ0v) is 16.9. The van der Waals surface area contributed by atoms with Crippen molar-refractivity contribution in [2.75, 3.05) is 7.11 Å². The topological polar surface area (TPSA) is 55.7 Å². The Kier molecular flexibility index (Phi) is 6.24. The van der Waals surface area contributed by atoms with Gasteiger partial charge >= 0.3 is 0 Å². The van der Waals surface area contributed by atoms with Crippen molar-refractivity contribution >= 4 is 21.8 Å². The average Bonchev–Trinajstić information content (AvgIpc) is 2.72. The van der Waals surface area contributed by atoms with Crippen molar-refractivity contribution in [1.82, 2.24) is 0 Å². The molecule has 0 radical (unpaired) electrons. The minimum Gasteiger partial charge on any atom is -0.497 e. The predicted molar refractivity (Wildman–Crippen MR) is 113 cm³/mol. The minimum absolute atomic E-state index is 0.0977. The first-order chi connectivity index (χ1) is 13.9. The number of hydrogen-bond donors (Lipinski definition) is 0. The van der Waals surface area contributed by atoms with E-state index in [1.165, 1.54) is 36.4 Å². The van der Waals surface area contributed by atoms with E-state index in [9.17, 15) is 12.8 Å². The molecule has 0 saturated carbocycles. The summed E-state index contributed by atoms with van der Waals surface area (Å²) in [4.78, 5) is 0.0977. The lowest BCUT2D eigenvalue weighted by Gasteiger charge is -2.05. The van der Waals surface area contributed by atoms with E-state index in [0.29, 0.717) is 5.56 Å². The summed E-state index contributed by atoms with van der Waals surface area (Å²) >= 11 is 0. The lowest BCUT2D eigenvalue weighted by molar-refractivity contribution is 0.415. The van der Waals surface area contributed by atoms with Crippen LogP contribution in [-0.4, -0.2) is 21.2 Å². The van der Waals surface area contributed by atoms with Crippen LogP contribution in [0.25, 0.3) is 6.08 Å². The third-order valence-electron chi connectivity index (χ3n) is 4.23. The second-order valence-corrected chi connectivity index (χ2v) is 7.98. The van der Waals surface area contributed by atoms with Gasteiger partial charge in [-0.3, -0.25) is 0 Å². The van der Waals surface area contributed by atoms with Gasteiger partial charge in [0.15, 0.2) is 0 Å². The Morgan fingerprint density at radius 3 is 2.14 bits per heavy atom. The fourth-order valence-electron chi connectivity index (χ4n) is 2.58. The van der Waals surface area contributed by atoms with Gasteiger partial charge in [0.05, 0.1) is 17.7 Å². The zero-order chi connectivity index (χ0) is 20.9. The van der Waals surface area contributed by atoms with Crippen LogP contribution in [0.5, 0.6) is 5.75 Å². The molecule has 0 aliphatic rings. The number of nitrogens with zero attached hydrogens (tertiary/aromatic N) is 1. The van der Waals surface area contributed by atoms with Gasteiger partial charge in [-0.05, 0) is 67.1 Å². The van der Waals surface area contributed by atoms with Gasteiger partial charge < -0.3 is 4.74 Å². The van der Waals surface area contributed by atoms with E-state index in [4.69, 9.17) is 4.74 Å². The highest BCUT2D eigenvalue weighted by molar-refractivity contribution is 7.90. The number of ether oxygens (including phenoxy) is 1. The largest absolute Gasteiger partial charge is 0.497 e. The van der Waals surface area contributed by atoms with E-state index in [1.54, 1.807) is 43.5 Å². The molecule has 0 bridgehead atoms. The van der Waals surface area contributed by atoms with Crippen molar-refractivity contribution in [3.63, 3.8) is 0 Å². The molecule has 148 valence electrons. The van der Waals surface area contributed by atoms with Gasteiger partial charge in [-0.1, -0.05) is 35.9 Å². The van der Waals surface area contributed by atoms with Crippen molar-refractivity contribution in [2.45, 2.75) is 11.8 Å². The lowest BCUT2D eigenvalue weighted by Crippen LogP contribution is -2.04. The molecule has 6 heteroatoms. The molecule has 0 N–H and O–H groups in total. The highest BCUT2D eigenvalue weighted by Gasteiger charge is 2.14. The molecule has 3 rings (SSSR count). The fraction of sp³-hybridized carbons (Fsp3) is 0.0870. The number of methoxy groups -OCH3 is 1. The highest BCUT2D eigenvalue weighted by atomic mass is 32.2. The Hall–Kier alpha value is -3.25. The van der Waals surface area contributed by atoms with Crippen LogP contribution in [0.4, 0.5) is 4.39 Å². The normalized spacial score (nSPS) is 12.3. The van der Waals surface area contributed by atoms with Gasteiger partial charge in [-0.2, -0.15) is 12.8 Å². The van der Waals surface area contributed by atoms with Crippen LogP contribution in [0.3, 0.4) is 0 Å². The molecule has 29 heavy (non-hydrogen) atoms. The number of hydrogen-bond acceptors (Lipinski definition) is 3. The molecule has 0 saturated heterocycles. The maximum Gasteiger partial charge on any atom is 0.282 e. The number of halogens is 1. The first-order valence-corrected chi connectivity index (χ1v) is 10.3. The minimum atomic E-state index is -3.93. The third kappa shape index (κ3) is 5.39. The second kappa shape index (κ2) is 8.84. The van der Waals surface area contributed by atoms with Gasteiger partial charge in [0, 0.05) is 5.56 Å². The molecule has 3 aromatic rings. The highest BCUT2D eigenvalue weighted by Crippen LogP contribution is 2.17. The summed E-state index contributed by atoms with van der Waals surface area (Å²) in [5.41, 5.74) is 2.49. The fourth-order valence-corrected chi connectivity index (χ4v) is 3.59. The quantitative estimate of drug-likeness (QED) is 0.536. The third-order valence-corrected chi connectivity index (χ3v) is 5.53. The number of allylic oxidation sites excluding steroid dienone is 1. The number of rotatable bonds is 6. The van der Waals surface area contributed by atoms with Gasteiger partial charge in [0.25, 0.3) is 10.0 Å². The maximum atomic E-state index is 13.3. The summed E-state index contributed by atoms with van der Waals surface area (Å²) in [6.07, 6.45) is 3.34. The van der Waals surface area contributed by atoms with Crippen LogP contribution >= 0.6 is 0 Å². The van der Waals surface area contributed by atoms with E-state index in [-0.39, 0.29) is 10.6 Å². The Labute approximate surface area is 170 Å². The van der Waals surface area contributed by atoms with Crippen molar-refractivity contribution in [1.29, 1.82) is 0 Å². The molecule has 3 aromatic carbocycles. The Bertz CT molecular complexity index is 1130. The van der Waals surface area contributed by atoms with Crippen molar-refractivity contribution in [3.8, 4) is 5.75 Å². The first kappa shape index (κ1) is 20.5. The maximum absolute atomic E-state index is 13.3. The standard InChI is InChI=1S/C23H20FNO3S/c1-17-3-14-22(15-4-17)29(26,27)25-23(19-8-10-20(24)11-9-19)16-7-18-5-12-21(28-2)13-6-18/h3-16H,1-2H3/b16-7+,25-23+. The Morgan fingerprint density at radius 1 is 0.931 bits per heavy atom. The second-order valence-electron chi connectivity index (χ2n) is 6.38. The van der Waals surface area contributed by atoms with Gasteiger partial charge in [-0.25, -0.2) is 4.39 Å². The SMILES string of the molecule is COc1ccc(/C=C/C(=N\S(=O)(=O)c2ccc(C)cc2)c2ccc(F)cc2)cc1. The number of aryl methyl sites for hydroxylation is 1. The molecule has 0 aliphatic heterocycles. The van der Waals surface area contributed by atoms with Gasteiger partial charge in [0.1, 0.15) is 11.6 Å². The van der Waals surface area contributed by atoms with Crippen LogP contribution < -0.4 is 4.74 Å². The average molecular weight is 409 g/mol. The van der Waals surface area contributed by atoms with E-state index < -0.39 is 15.8 Å². The monoisotopic (exact) mass is 409 g/mol. The molecule has 0 aliphatic carbocycles. The molecular formula is C23H20FNO3S. The predicted octanol–water partition coefficient (Wildman–Crippen LogP) is 5.03. The number of benzene rings is 3. The van der Waals surface area contributed by atoms with Crippen LogP contribution in [0.1, 0.15) is 16.7 Å². The lowest BCUT2D eigenvalue weighted by atomic mass is 10.1. The van der Waals surface area contributed by atoms with Crippen molar-refractivity contribution in [3.05, 3.63) is 101 Å². The molecule has 4 nitrogen and oxygen atoms in total. The van der Waals surface area contributed by atoms with Crippen LogP contribution in [-0.2, 0) is 10.0 Å². The Balaban J connectivity index is 2.02. The molecule has 0 amide bonds. The molecule has 0 heterocycles. The number of sulfonamides is 1. The summed E-state index contributed by atoms with van der Waals surface area (Å²) in [5.74, 6) is 0.310. The molecule has 0 unspecified atom stereocenters. The molecule has 0 spiro atoms. The van der Waals surface area contributed by atoms with Crippen LogP contribution in [0, 0.1) is 12.7 Å². The van der Waals surface area contributed by atoms with E-state index in [2.05, 4.69) is 4.40 Å². The summed E-state index contributed by atoms with van der Waals surface area (Å²) in [5, 5.41) is 0. The Morgan fingerprint density at radius 2 is 1.55 bits per heavy atom. The summed E-state index contributed by atoms with van der Waals surface area (Å²) in [7, 11) is -2.34. The summed E-state index contributed by atoms with van der Waals surface area (Å²) in [6, 6.07) is 19.3. The first-order valence-electron chi connectivity index (χ1n) is 8.87. The summed E-state index contributed by atoms with van der Waals surface area (Å²) in [6.45, 7) is 1.88. The summed E-state index contributed by atoms with van der Waals surface area (Å²) < 4.78 is 48.0. The van der Waals surface area contributed by atoms with E-state index in [1.807, 2.05) is 19.1 Å². The van der Waals surface area contributed by atoms with Crippen molar-refractivity contribution < 1.29 is 17.5 Å². The van der Waals surface area contributed by atoms with Crippen molar-refractivity contribution in [2.24, 2.45) is 4.40 Å². The van der Waals surface area contributed by atoms with E-state index >= 15 is 0 Å². The zero-order valence-electron chi connectivity index (χ0n) is 16.0. The molecule has 0 aromatic heterocycles. The van der Waals surface area contributed by atoms with Crippen LogP contribution in [0.2, 0.25) is 0 Å². The van der Waals surface area contributed by atoms with E-state index in [0.717, 1.165) is 16.9 Å². The van der Waals surface area contributed by atoms with Gasteiger partial charge in [0.2, 0.25) is 0 Å². The van der Waals surface area contributed by atoms with Gasteiger partial charge in [-0.15, -0.1) is 0 Å². The molecular weight excluding hydrogens is 389 g/mol. The smallest absolute Gasteiger partial charge is 0.282 e. The van der Waals surface area contributed by atoms with Crippen LogP contribution in [0.15, 0.2) is 88.2 Å². The molecule has 0 atom stereocenters. The molecule has 0 fully saturated rings.